The molecular formula is C10H11N3O3. The zero-order valence-corrected chi connectivity index (χ0v) is 8.43. The monoisotopic (exact) mass is 221 g/mol. The third-order valence-electron chi connectivity index (χ3n) is 2.36. The van der Waals surface area contributed by atoms with Gasteiger partial charge in [0, 0.05) is 18.7 Å². The zero-order valence-electron chi connectivity index (χ0n) is 8.43. The maximum Gasteiger partial charge on any atom is 0.337 e. The summed E-state index contributed by atoms with van der Waals surface area (Å²) in [4.78, 5) is 22.1. The molecule has 0 bridgehead atoms. The molecule has 0 spiro atoms. The summed E-state index contributed by atoms with van der Waals surface area (Å²) in [6, 6.07) is 4.57. The van der Waals surface area contributed by atoms with Crippen LogP contribution in [0.25, 0.3) is 0 Å². The molecule has 0 aromatic heterocycles. The fourth-order valence-electron chi connectivity index (χ4n) is 1.62. The number of hydrogen-bond acceptors (Lipinski definition) is 4. The molecule has 1 fully saturated rings. The number of carboxylic acids is 1. The Labute approximate surface area is 91.6 Å². The van der Waals surface area contributed by atoms with Gasteiger partial charge in [0.05, 0.1) is 11.3 Å². The number of anilines is 2. The van der Waals surface area contributed by atoms with Crippen LogP contribution in [0.1, 0.15) is 16.8 Å². The van der Waals surface area contributed by atoms with Crippen molar-refractivity contribution in [3.63, 3.8) is 0 Å². The average Bonchev–Trinajstić information content (AvgIpc) is 2.64. The maximum atomic E-state index is 11.0. The molecule has 1 saturated heterocycles. The van der Waals surface area contributed by atoms with E-state index in [2.05, 4.69) is 5.43 Å². The third kappa shape index (κ3) is 1.77. The van der Waals surface area contributed by atoms with Crippen molar-refractivity contribution in [2.75, 3.05) is 17.3 Å². The standard InChI is InChI=1S/C10H11N3O3/c11-6-1-2-8(7(5-6)10(15)16)13-4-3-9(14)12-13/h1-2,5H,3-4,11H2,(H,12,14)(H,15,16). The van der Waals surface area contributed by atoms with Crippen LogP contribution < -0.4 is 16.2 Å². The smallest absolute Gasteiger partial charge is 0.337 e. The van der Waals surface area contributed by atoms with E-state index in [1.165, 1.54) is 11.1 Å². The lowest BCUT2D eigenvalue weighted by molar-refractivity contribution is -0.119. The van der Waals surface area contributed by atoms with Crippen molar-refractivity contribution in [2.24, 2.45) is 0 Å². The van der Waals surface area contributed by atoms with E-state index in [9.17, 15) is 9.59 Å². The van der Waals surface area contributed by atoms with Crippen LogP contribution in [-0.4, -0.2) is 23.5 Å². The Kier molecular flexibility index (Phi) is 2.40. The van der Waals surface area contributed by atoms with Crippen LogP contribution in [0.5, 0.6) is 0 Å². The average molecular weight is 221 g/mol. The van der Waals surface area contributed by atoms with Gasteiger partial charge in [0.15, 0.2) is 0 Å². The summed E-state index contributed by atoms with van der Waals surface area (Å²) in [5, 5.41) is 10.5. The Bertz CT molecular complexity index is 459. The Morgan fingerprint density at radius 2 is 2.25 bits per heavy atom. The van der Waals surface area contributed by atoms with Gasteiger partial charge in [-0.3, -0.25) is 15.2 Å². The number of aromatic carboxylic acids is 1. The normalized spacial score (nSPS) is 15.0. The molecule has 2 rings (SSSR count). The predicted octanol–water partition coefficient (Wildman–Crippen LogP) is 0.208. The van der Waals surface area contributed by atoms with Gasteiger partial charge in [0.1, 0.15) is 0 Å². The number of nitrogens with two attached hydrogens (primary N) is 1. The van der Waals surface area contributed by atoms with E-state index in [-0.39, 0.29) is 11.5 Å². The molecule has 16 heavy (non-hydrogen) atoms. The van der Waals surface area contributed by atoms with Crippen LogP contribution in [-0.2, 0) is 4.79 Å². The molecule has 4 N–H and O–H groups in total. The molecule has 1 amide bonds. The van der Waals surface area contributed by atoms with Crippen LogP contribution >= 0.6 is 0 Å². The van der Waals surface area contributed by atoms with Crippen molar-refractivity contribution in [1.29, 1.82) is 0 Å². The van der Waals surface area contributed by atoms with Gasteiger partial charge in [-0.1, -0.05) is 0 Å². The van der Waals surface area contributed by atoms with E-state index in [4.69, 9.17) is 10.8 Å². The quantitative estimate of drug-likeness (QED) is 0.620. The molecule has 1 aliphatic rings. The van der Waals surface area contributed by atoms with Crippen LogP contribution in [0.2, 0.25) is 0 Å². The summed E-state index contributed by atoms with van der Waals surface area (Å²) in [7, 11) is 0. The number of nitrogens with zero attached hydrogens (tertiary/aromatic N) is 1. The summed E-state index contributed by atoms with van der Waals surface area (Å²) < 4.78 is 0. The first-order chi connectivity index (χ1) is 7.58. The fraction of sp³-hybridized carbons (Fsp3) is 0.200. The molecule has 0 radical (unpaired) electrons. The molecule has 1 aromatic carbocycles. The number of carboxylic acid groups (broad SMARTS) is 1. The molecule has 0 saturated carbocycles. The topological polar surface area (TPSA) is 95.7 Å². The predicted molar refractivity (Wildman–Crippen MR) is 57.9 cm³/mol. The Hall–Kier alpha value is -2.24. The van der Waals surface area contributed by atoms with Gasteiger partial charge in [-0.15, -0.1) is 0 Å². The SMILES string of the molecule is Nc1ccc(N2CCC(=O)N2)c(C(=O)O)c1. The number of hydrazine groups is 1. The summed E-state index contributed by atoms with van der Waals surface area (Å²) in [5.41, 5.74) is 9.02. The summed E-state index contributed by atoms with van der Waals surface area (Å²) in [6.07, 6.45) is 0.365. The minimum Gasteiger partial charge on any atom is -0.478 e. The van der Waals surface area contributed by atoms with Crippen LogP contribution in [0, 0.1) is 0 Å². The molecule has 0 aliphatic carbocycles. The van der Waals surface area contributed by atoms with Crippen molar-refractivity contribution in [1.82, 2.24) is 5.43 Å². The van der Waals surface area contributed by atoms with Gasteiger partial charge < -0.3 is 10.8 Å². The molecule has 6 heteroatoms. The lowest BCUT2D eigenvalue weighted by Crippen LogP contribution is -2.34. The highest BCUT2D eigenvalue weighted by Gasteiger charge is 2.23. The molecule has 1 aliphatic heterocycles. The molecular weight excluding hydrogens is 210 g/mol. The van der Waals surface area contributed by atoms with Crippen molar-refractivity contribution in [3.05, 3.63) is 23.8 Å². The van der Waals surface area contributed by atoms with Crippen molar-refractivity contribution in [2.45, 2.75) is 6.42 Å². The van der Waals surface area contributed by atoms with Crippen molar-refractivity contribution >= 4 is 23.3 Å². The largest absolute Gasteiger partial charge is 0.478 e. The highest BCUT2D eigenvalue weighted by Crippen LogP contribution is 2.23. The van der Waals surface area contributed by atoms with Crippen LogP contribution in [0.15, 0.2) is 18.2 Å². The molecule has 0 unspecified atom stereocenters. The highest BCUT2D eigenvalue weighted by molar-refractivity contribution is 5.96. The Morgan fingerprint density at radius 3 is 2.81 bits per heavy atom. The number of amides is 1. The first-order valence-electron chi connectivity index (χ1n) is 4.78. The number of carbonyl (C=O) groups excluding carboxylic acids is 1. The van der Waals surface area contributed by atoms with E-state index < -0.39 is 5.97 Å². The Morgan fingerprint density at radius 1 is 1.50 bits per heavy atom. The van der Waals surface area contributed by atoms with Crippen LogP contribution in [0.4, 0.5) is 11.4 Å². The van der Waals surface area contributed by atoms with Gasteiger partial charge in [0.2, 0.25) is 5.91 Å². The van der Waals surface area contributed by atoms with Gasteiger partial charge >= 0.3 is 5.97 Å². The second kappa shape index (κ2) is 3.73. The number of nitrogen functional groups attached to an aromatic ring is 1. The minimum absolute atomic E-state index is 0.0854. The number of hydrogen-bond donors (Lipinski definition) is 3. The van der Waals surface area contributed by atoms with Gasteiger partial charge in [-0.2, -0.15) is 0 Å². The van der Waals surface area contributed by atoms with Gasteiger partial charge in [-0.05, 0) is 18.2 Å². The zero-order chi connectivity index (χ0) is 11.7. The first kappa shape index (κ1) is 10.3. The second-order valence-corrected chi connectivity index (χ2v) is 3.52. The van der Waals surface area contributed by atoms with Gasteiger partial charge in [0.25, 0.3) is 0 Å². The Balaban J connectivity index is 2.40. The fourth-order valence-corrected chi connectivity index (χ4v) is 1.62. The number of rotatable bonds is 2. The van der Waals surface area contributed by atoms with E-state index in [1.807, 2.05) is 0 Å². The highest BCUT2D eigenvalue weighted by atomic mass is 16.4. The second-order valence-electron chi connectivity index (χ2n) is 3.52. The van der Waals surface area contributed by atoms with Crippen molar-refractivity contribution in [3.8, 4) is 0 Å². The maximum absolute atomic E-state index is 11.0. The number of nitrogens with one attached hydrogen (secondary N) is 1. The molecule has 0 atom stereocenters. The summed E-state index contributed by atoms with van der Waals surface area (Å²) >= 11 is 0. The lowest BCUT2D eigenvalue weighted by Gasteiger charge is -2.19. The van der Waals surface area contributed by atoms with E-state index >= 15 is 0 Å². The third-order valence-corrected chi connectivity index (χ3v) is 2.36. The number of benzene rings is 1. The van der Waals surface area contributed by atoms with E-state index in [0.717, 1.165) is 0 Å². The lowest BCUT2D eigenvalue weighted by atomic mass is 10.1. The first-order valence-corrected chi connectivity index (χ1v) is 4.78. The summed E-state index contributed by atoms with van der Waals surface area (Å²) in [5.74, 6) is -1.18. The van der Waals surface area contributed by atoms with Gasteiger partial charge in [-0.25, -0.2) is 4.79 Å². The minimum atomic E-state index is -1.07. The summed E-state index contributed by atoms with van der Waals surface area (Å²) in [6.45, 7) is 0.461. The number of carbonyl (C=O) groups is 2. The van der Waals surface area contributed by atoms with E-state index in [1.54, 1.807) is 12.1 Å². The molecule has 6 nitrogen and oxygen atoms in total. The van der Waals surface area contributed by atoms with Crippen molar-refractivity contribution < 1.29 is 14.7 Å². The molecule has 84 valence electrons. The van der Waals surface area contributed by atoms with Crippen LogP contribution in [0.3, 0.4) is 0 Å². The van der Waals surface area contributed by atoms with E-state index in [0.29, 0.717) is 24.3 Å². The molecule has 1 heterocycles. The molecule has 1 aromatic rings.